The van der Waals surface area contributed by atoms with Gasteiger partial charge in [0.1, 0.15) is 0 Å². The van der Waals surface area contributed by atoms with Crippen LogP contribution in [0.3, 0.4) is 0 Å². The SMILES string of the molecule is Cc1cccc(N=C2NC(=O)CO2)c1. The van der Waals surface area contributed by atoms with Gasteiger partial charge < -0.3 is 4.74 Å². The zero-order valence-corrected chi connectivity index (χ0v) is 7.78. The normalized spacial score (nSPS) is 18.1. The maximum Gasteiger partial charge on any atom is 0.297 e. The molecule has 0 saturated carbocycles. The van der Waals surface area contributed by atoms with E-state index in [9.17, 15) is 4.79 Å². The van der Waals surface area contributed by atoms with Crippen LogP contribution in [-0.4, -0.2) is 18.5 Å². The zero-order valence-electron chi connectivity index (χ0n) is 7.78. The lowest BCUT2D eigenvalue weighted by Crippen LogP contribution is -2.20. The Kier molecular flexibility index (Phi) is 2.18. The molecule has 1 aromatic rings. The maximum absolute atomic E-state index is 10.8. The summed E-state index contributed by atoms with van der Waals surface area (Å²) >= 11 is 0. The minimum atomic E-state index is -0.156. The molecular weight excluding hydrogens is 180 g/mol. The molecule has 1 fully saturated rings. The molecule has 0 spiro atoms. The molecule has 0 aromatic heterocycles. The van der Waals surface area contributed by atoms with Gasteiger partial charge in [0.25, 0.3) is 11.9 Å². The van der Waals surface area contributed by atoms with E-state index in [1.165, 1.54) is 0 Å². The van der Waals surface area contributed by atoms with Gasteiger partial charge >= 0.3 is 0 Å². The second-order valence-corrected chi connectivity index (χ2v) is 3.09. The Hall–Kier alpha value is -1.84. The first-order chi connectivity index (χ1) is 6.74. The molecule has 0 unspecified atom stereocenters. The lowest BCUT2D eigenvalue weighted by atomic mass is 10.2. The fourth-order valence-corrected chi connectivity index (χ4v) is 1.20. The molecule has 2 rings (SSSR count). The minimum Gasteiger partial charge on any atom is -0.455 e. The monoisotopic (exact) mass is 190 g/mol. The Morgan fingerprint density at radius 3 is 3.00 bits per heavy atom. The van der Waals surface area contributed by atoms with Crippen LogP contribution in [-0.2, 0) is 9.53 Å². The van der Waals surface area contributed by atoms with Gasteiger partial charge in [-0.25, -0.2) is 0 Å². The Morgan fingerprint density at radius 1 is 1.50 bits per heavy atom. The van der Waals surface area contributed by atoms with Crippen LogP contribution in [0.15, 0.2) is 29.3 Å². The molecule has 1 aliphatic heterocycles. The van der Waals surface area contributed by atoms with Gasteiger partial charge in [-0.15, -0.1) is 0 Å². The van der Waals surface area contributed by atoms with Crippen LogP contribution in [0.5, 0.6) is 0 Å². The number of nitrogens with one attached hydrogen (secondary N) is 1. The third-order valence-electron chi connectivity index (χ3n) is 1.82. The van der Waals surface area contributed by atoms with Crippen molar-refractivity contribution in [3.8, 4) is 0 Å². The number of amidine groups is 1. The Balaban J connectivity index is 2.21. The van der Waals surface area contributed by atoms with E-state index in [0.717, 1.165) is 11.3 Å². The highest BCUT2D eigenvalue weighted by Gasteiger charge is 2.16. The maximum atomic E-state index is 10.8. The minimum absolute atomic E-state index is 0.0602. The first-order valence-corrected chi connectivity index (χ1v) is 4.32. The molecule has 4 heteroatoms. The van der Waals surface area contributed by atoms with Crippen molar-refractivity contribution in [1.82, 2.24) is 5.32 Å². The average molecular weight is 190 g/mol. The summed E-state index contributed by atoms with van der Waals surface area (Å²) in [5.41, 5.74) is 1.90. The molecule has 1 heterocycles. The third kappa shape index (κ3) is 1.90. The molecule has 14 heavy (non-hydrogen) atoms. The van der Waals surface area contributed by atoms with Crippen LogP contribution in [0.25, 0.3) is 0 Å². The van der Waals surface area contributed by atoms with E-state index in [1.54, 1.807) is 0 Å². The van der Waals surface area contributed by atoms with E-state index in [1.807, 2.05) is 31.2 Å². The fourth-order valence-electron chi connectivity index (χ4n) is 1.20. The molecule has 4 nitrogen and oxygen atoms in total. The Morgan fingerprint density at radius 2 is 2.36 bits per heavy atom. The number of aliphatic imine (C=N–C) groups is 1. The van der Waals surface area contributed by atoms with Crippen molar-refractivity contribution in [3.63, 3.8) is 0 Å². The number of hydrogen-bond donors (Lipinski definition) is 1. The number of carbonyl (C=O) groups excluding carboxylic acids is 1. The average Bonchev–Trinajstić information content (AvgIpc) is 2.51. The fraction of sp³-hybridized carbons (Fsp3) is 0.200. The van der Waals surface area contributed by atoms with Gasteiger partial charge in [0.05, 0.1) is 5.69 Å². The van der Waals surface area contributed by atoms with Crippen LogP contribution in [0.1, 0.15) is 5.56 Å². The van der Waals surface area contributed by atoms with Gasteiger partial charge in [-0.1, -0.05) is 12.1 Å². The lowest BCUT2D eigenvalue weighted by molar-refractivity contribution is -0.119. The molecule has 0 atom stereocenters. The number of nitrogens with zero attached hydrogens (tertiary/aromatic N) is 1. The van der Waals surface area contributed by atoms with Crippen LogP contribution in [0.4, 0.5) is 5.69 Å². The smallest absolute Gasteiger partial charge is 0.297 e. The summed E-state index contributed by atoms with van der Waals surface area (Å²) in [7, 11) is 0. The van der Waals surface area contributed by atoms with Crippen molar-refractivity contribution in [2.75, 3.05) is 6.61 Å². The third-order valence-corrected chi connectivity index (χ3v) is 1.82. The highest BCUT2D eigenvalue weighted by molar-refractivity contribution is 6.00. The molecule has 0 bridgehead atoms. The van der Waals surface area contributed by atoms with Crippen molar-refractivity contribution >= 4 is 17.6 Å². The van der Waals surface area contributed by atoms with Crippen molar-refractivity contribution in [3.05, 3.63) is 29.8 Å². The number of amides is 1. The molecule has 0 aliphatic carbocycles. The zero-order chi connectivity index (χ0) is 9.97. The van der Waals surface area contributed by atoms with Crippen molar-refractivity contribution in [1.29, 1.82) is 0 Å². The van der Waals surface area contributed by atoms with Crippen molar-refractivity contribution in [2.45, 2.75) is 6.92 Å². The lowest BCUT2D eigenvalue weighted by Gasteiger charge is -1.97. The first kappa shape index (κ1) is 8.74. The van der Waals surface area contributed by atoms with Crippen LogP contribution in [0, 0.1) is 6.92 Å². The second-order valence-electron chi connectivity index (χ2n) is 3.09. The van der Waals surface area contributed by atoms with E-state index in [2.05, 4.69) is 10.3 Å². The molecule has 1 aliphatic rings. The summed E-state index contributed by atoms with van der Waals surface area (Å²) in [6, 6.07) is 7.94. The highest BCUT2D eigenvalue weighted by atomic mass is 16.5. The number of benzene rings is 1. The first-order valence-electron chi connectivity index (χ1n) is 4.32. The molecule has 1 N–H and O–H groups in total. The van der Waals surface area contributed by atoms with E-state index in [0.29, 0.717) is 0 Å². The van der Waals surface area contributed by atoms with E-state index < -0.39 is 0 Å². The summed E-state index contributed by atoms with van der Waals surface area (Å²) < 4.78 is 5.00. The van der Waals surface area contributed by atoms with E-state index >= 15 is 0 Å². The summed E-state index contributed by atoms with van der Waals surface area (Å²) in [5.74, 6) is -0.156. The Labute approximate surface area is 81.6 Å². The summed E-state index contributed by atoms with van der Waals surface area (Å²) in [4.78, 5) is 14.9. The number of carbonyl (C=O) groups is 1. The Bertz CT molecular complexity index is 399. The van der Waals surface area contributed by atoms with Crippen LogP contribution >= 0.6 is 0 Å². The largest absolute Gasteiger partial charge is 0.455 e. The van der Waals surface area contributed by atoms with Gasteiger partial charge in [-0.3, -0.25) is 10.1 Å². The van der Waals surface area contributed by atoms with Gasteiger partial charge in [-0.05, 0) is 24.6 Å². The number of hydrogen-bond acceptors (Lipinski definition) is 3. The van der Waals surface area contributed by atoms with Crippen molar-refractivity contribution < 1.29 is 9.53 Å². The quantitative estimate of drug-likeness (QED) is 0.721. The van der Waals surface area contributed by atoms with Gasteiger partial charge in [0, 0.05) is 0 Å². The highest BCUT2D eigenvalue weighted by Crippen LogP contribution is 2.13. The van der Waals surface area contributed by atoms with E-state index in [-0.39, 0.29) is 18.5 Å². The van der Waals surface area contributed by atoms with Gasteiger partial charge in [-0.2, -0.15) is 4.99 Å². The summed E-state index contributed by atoms with van der Waals surface area (Å²) in [5, 5.41) is 2.51. The standard InChI is InChI=1S/C10H10N2O2/c1-7-3-2-4-8(5-7)11-10-12-9(13)6-14-10/h2-5H,6H2,1H3,(H,11,12,13). The number of rotatable bonds is 1. The summed E-state index contributed by atoms with van der Waals surface area (Å²) in [6.07, 6.45) is 0. The molecule has 1 aromatic carbocycles. The van der Waals surface area contributed by atoms with E-state index in [4.69, 9.17) is 4.74 Å². The molecule has 1 saturated heterocycles. The second kappa shape index (κ2) is 3.49. The number of aryl methyl sites for hydroxylation is 1. The molecular formula is C10H10N2O2. The molecule has 72 valence electrons. The summed E-state index contributed by atoms with van der Waals surface area (Å²) in [6.45, 7) is 2.04. The molecule has 1 amide bonds. The predicted molar refractivity (Wildman–Crippen MR) is 52.4 cm³/mol. The molecule has 0 radical (unpaired) electrons. The van der Waals surface area contributed by atoms with Gasteiger partial charge in [0.2, 0.25) is 0 Å². The van der Waals surface area contributed by atoms with Crippen LogP contribution in [0.2, 0.25) is 0 Å². The van der Waals surface area contributed by atoms with Crippen molar-refractivity contribution in [2.24, 2.45) is 4.99 Å². The van der Waals surface area contributed by atoms with Gasteiger partial charge in [0.15, 0.2) is 6.61 Å². The topological polar surface area (TPSA) is 50.7 Å². The van der Waals surface area contributed by atoms with Crippen LogP contribution < -0.4 is 5.32 Å². The predicted octanol–water partition coefficient (Wildman–Crippen LogP) is 1.13. The number of ether oxygens (including phenoxy) is 1.